The summed E-state index contributed by atoms with van der Waals surface area (Å²) in [5.74, 6) is 2.34. The Morgan fingerprint density at radius 2 is 1.96 bits per heavy atom. The molecule has 0 radical (unpaired) electrons. The molecule has 9 heteroatoms. The van der Waals surface area contributed by atoms with E-state index in [2.05, 4.69) is 25.8 Å². The summed E-state index contributed by atoms with van der Waals surface area (Å²) >= 11 is 0. The van der Waals surface area contributed by atoms with Gasteiger partial charge in [0, 0.05) is 19.8 Å². The van der Waals surface area contributed by atoms with Crippen LogP contribution in [0, 0.1) is 13.8 Å². The number of sulfone groups is 1. The van der Waals surface area contributed by atoms with Crippen LogP contribution in [0.4, 0.5) is 0 Å². The molecule has 0 aliphatic carbocycles. The molecule has 0 fully saturated rings. The summed E-state index contributed by atoms with van der Waals surface area (Å²) in [7, 11) is -1.29. The number of nitrogens with zero attached hydrogens (tertiary/aromatic N) is 4. The third-order valence-corrected chi connectivity index (χ3v) is 5.26. The first kappa shape index (κ1) is 19.9. The molecule has 8 nitrogen and oxygen atoms in total. The Balaban J connectivity index is 2.09. The van der Waals surface area contributed by atoms with E-state index in [0.717, 1.165) is 29.3 Å². The van der Waals surface area contributed by atoms with Crippen LogP contribution in [0.1, 0.15) is 29.7 Å². The molecule has 2 N–H and O–H groups in total. The minimum atomic E-state index is -3.21. The number of hydrogen-bond donors (Lipinski definition) is 2. The molecule has 0 atom stereocenters. The largest absolute Gasteiger partial charge is 0.357 e. The van der Waals surface area contributed by atoms with Gasteiger partial charge in [-0.25, -0.2) is 13.4 Å². The summed E-state index contributed by atoms with van der Waals surface area (Å²) in [5, 5.41) is 14.6. The number of benzene rings is 1. The molecule has 0 amide bonds. The first-order chi connectivity index (χ1) is 12.2. The summed E-state index contributed by atoms with van der Waals surface area (Å²) in [5.41, 5.74) is 1.68. The zero-order valence-electron chi connectivity index (χ0n) is 15.9. The highest BCUT2D eigenvalue weighted by Gasteiger charge is 2.11. The van der Waals surface area contributed by atoms with E-state index in [4.69, 9.17) is 0 Å². The normalized spacial score (nSPS) is 12.3. The monoisotopic (exact) mass is 378 g/mol. The van der Waals surface area contributed by atoms with Crippen LogP contribution < -0.4 is 10.6 Å². The lowest BCUT2D eigenvalue weighted by Crippen LogP contribution is -2.37. The molecule has 0 bridgehead atoms. The van der Waals surface area contributed by atoms with Crippen molar-refractivity contribution < 1.29 is 8.42 Å². The summed E-state index contributed by atoms with van der Waals surface area (Å²) in [4.78, 5) is 4.91. The SMILES string of the molecule is CCNC(=NCc1ccc(S(C)(=O)=O)c(C)c1)NCc1nnc(C)n1C. The van der Waals surface area contributed by atoms with Crippen molar-refractivity contribution in [3.8, 4) is 0 Å². The first-order valence-corrected chi connectivity index (χ1v) is 10.3. The number of aryl methyl sites for hydroxylation is 2. The van der Waals surface area contributed by atoms with E-state index in [-0.39, 0.29) is 0 Å². The van der Waals surface area contributed by atoms with Gasteiger partial charge in [-0.2, -0.15) is 0 Å². The van der Waals surface area contributed by atoms with E-state index in [9.17, 15) is 8.42 Å². The van der Waals surface area contributed by atoms with Gasteiger partial charge in [-0.05, 0) is 38.0 Å². The fraction of sp³-hybridized carbons (Fsp3) is 0.471. The van der Waals surface area contributed by atoms with Crippen LogP contribution in [-0.4, -0.2) is 41.9 Å². The van der Waals surface area contributed by atoms with Gasteiger partial charge in [0.25, 0.3) is 0 Å². The maximum Gasteiger partial charge on any atom is 0.191 e. The van der Waals surface area contributed by atoms with Gasteiger partial charge < -0.3 is 15.2 Å². The summed E-state index contributed by atoms with van der Waals surface area (Å²) in [6.45, 7) is 7.37. The number of aliphatic imine (C=N–C) groups is 1. The van der Waals surface area contributed by atoms with Crippen LogP contribution in [0.25, 0.3) is 0 Å². The van der Waals surface area contributed by atoms with Gasteiger partial charge in [-0.1, -0.05) is 12.1 Å². The molecule has 0 saturated heterocycles. The van der Waals surface area contributed by atoms with Crippen LogP contribution in [0.3, 0.4) is 0 Å². The third-order valence-electron chi connectivity index (χ3n) is 4.00. The summed E-state index contributed by atoms with van der Waals surface area (Å²) in [6, 6.07) is 5.29. The van der Waals surface area contributed by atoms with Gasteiger partial charge in [0.2, 0.25) is 0 Å². The fourth-order valence-electron chi connectivity index (χ4n) is 2.51. The van der Waals surface area contributed by atoms with Crippen LogP contribution >= 0.6 is 0 Å². The Bertz CT molecular complexity index is 902. The quantitative estimate of drug-likeness (QED) is 0.576. The molecule has 1 heterocycles. The van der Waals surface area contributed by atoms with Crippen LogP contribution in [-0.2, 0) is 30.0 Å². The Kier molecular flexibility index (Phi) is 6.36. The standard InChI is InChI=1S/C17H26N6O2S/c1-6-18-17(20-11-16-22-21-13(3)23(16)4)19-10-14-7-8-15(12(2)9-14)26(5,24)25/h7-9H,6,10-11H2,1-5H3,(H2,18,19,20). The minimum Gasteiger partial charge on any atom is -0.357 e. The van der Waals surface area contributed by atoms with Crippen molar-refractivity contribution in [1.29, 1.82) is 0 Å². The van der Waals surface area contributed by atoms with Crippen molar-refractivity contribution in [2.75, 3.05) is 12.8 Å². The van der Waals surface area contributed by atoms with Crippen molar-refractivity contribution in [2.24, 2.45) is 12.0 Å². The molecule has 26 heavy (non-hydrogen) atoms. The topological polar surface area (TPSA) is 101 Å². The molecule has 2 rings (SSSR count). The lowest BCUT2D eigenvalue weighted by atomic mass is 10.1. The fourth-order valence-corrected chi connectivity index (χ4v) is 3.46. The smallest absolute Gasteiger partial charge is 0.191 e. The maximum atomic E-state index is 11.7. The van der Waals surface area contributed by atoms with Crippen LogP contribution in [0.2, 0.25) is 0 Å². The van der Waals surface area contributed by atoms with E-state index >= 15 is 0 Å². The van der Waals surface area contributed by atoms with E-state index in [1.165, 1.54) is 6.26 Å². The molecule has 0 spiro atoms. The molecule has 2 aromatic rings. The molecule has 1 aromatic heterocycles. The van der Waals surface area contributed by atoms with Crippen molar-refractivity contribution in [2.45, 2.75) is 38.8 Å². The highest BCUT2D eigenvalue weighted by molar-refractivity contribution is 7.90. The Morgan fingerprint density at radius 1 is 1.23 bits per heavy atom. The Morgan fingerprint density at radius 3 is 2.50 bits per heavy atom. The zero-order chi connectivity index (χ0) is 19.3. The summed E-state index contributed by atoms with van der Waals surface area (Å²) < 4.78 is 25.3. The van der Waals surface area contributed by atoms with E-state index in [1.54, 1.807) is 19.1 Å². The number of aromatic nitrogens is 3. The van der Waals surface area contributed by atoms with Gasteiger partial charge in [0.1, 0.15) is 5.82 Å². The molecule has 0 unspecified atom stereocenters. The average molecular weight is 379 g/mol. The van der Waals surface area contributed by atoms with Crippen molar-refractivity contribution >= 4 is 15.8 Å². The predicted octanol–water partition coefficient (Wildman–Crippen LogP) is 1.09. The molecular weight excluding hydrogens is 352 g/mol. The number of guanidine groups is 1. The second-order valence-corrected chi connectivity index (χ2v) is 8.13. The second kappa shape index (κ2) is 8.31. The lowest BCUT2D eigenvalue weighted by molar-refractivity contribution is 0.601. The van der Waals surface area contributed by atoms with E-state index in [1.807, 2.05) is 31.5 Å². The highest BCUT2D eigenvalue weighted by atomic mass is 32.2. The zero-order valence-corrected chi connectivity index (χ0v) is 16.7. The number of rotatable bonds is 6. The molecule has 0 aliphatic heterocycles. The molecule has 142 valence electrons. The van der Waals surface area contributed by atoms with Gasteiger partial charge in [-0.15, -0.1) is 10.2 Å². The predicted molar refractivity (Wildman–Crippen MR) is 102 cm³/mol. The van der Waals surface area contributed by atoms with E-state index in [0.29, 0.717) is 23.9 Å². The van der Waals surface area contributed by atoms with Gasteiger partial charge >= 0.3 is 0 Å². The van der Waals surface area contributed by atoms with Crippen LogP contribution in [0.5, 0.6) is 0 Å². The van der Waals surface area contributed by atoms with Gasteiger partial charge in [0.15, 0.2) is 21.6 Å². The summed E-state index contributed by atoms with van der Waals surface area (Å²) in [6.07, 6.45) is 1.22. The molecule has 0 saturated carbocycles. The first-order valence-electron chi connectivity index (χ1n) is 8.39. The Labute approximate surface area is 154 Å². The Hall–Kier alpha value is -2.42. The lowest BCUT2D eigenvalue weighted by Gasteiger charge is -2.11. The van der Waals surface area contributed by atoms with Crippen molar-refractivity contribution in [1.82, 2.24) is 25.4 Å². The molecule has 0 aliphatic rings. The van der Waals surface area contributed by atoms with Gasteiger partial charge in [0.05, 0.1) is 18.0 Å². The molecule has 1 aromatic carbocycles. The number of nitrogens with one attached hydrogen (secondary N) is 2. The minimum absolute atomic E-state index is 0.355. The van der Waals surface area contributed by atoms with Crippen molar-refractivity contribution in [3.63, 3.8) is 0 Å². The molecular formula is C17H26N6O2S. The third kappa shape index (κ3) is 5.04. The maximum absolute atomic E-state index is 11.7. The van der Waals surface area contributed by atoms with E-state index < -0.39 is 9.84 Å². The average Bonchev–Trinajstić information content (AvgIpc) is 2.88. The van der Waals surface area contributed by atoms with Gasteiger partial charge in [-0.3, -0.25) is 0 Å². The number of hydrogen-bond acceptors (Lipinski definition) is 5. The van der Waals surface area contributed by atoms with Crippen LogP contribution in [0.15, 0.2) is 28.1 Å². The van der Waals surface area contributed by atoms with Crippen molar-refractivity contribution in [3.05, 3.63) is 41.0 Å². The second-order valence-electron chi connectivity index (χ2n) is 6.14. The highest BCUT2D eigenvalue weighted by Crippen LogP contribution is 2.17.